The molecule has 1 heterocycles. The summed E-state index contributed by atoms with van der Waals surface area (Å²) in [7, 11) is 1.42. The molecule has 1 aromatic rings. The van der Waals surface area contributed by atoms with Gasteiger partial charge in [-0.05, 0) is 38.8 Å². The fourth-order valence-corrected chi connectivity index (χ4v) is 1.93. The van der Waals surface area contributed by atoms with E-state index in [0.29, 0.717) is 5.69 Å². The van der Waals surface area contributed by atoms with Crippen molar-refractivity contribution in [3.05, 3.63) is 23.5 Å². The Morgan fingerprint density at radius 2 is 2.12 bits per heavy atom. The summed E-state index contributed by atoms with van der Waals surface area (Å²) in [6.07, 6.45) is 3.33. The van der Waals surface area contributed by atoms with E-state index in [2.05, 4.69) is 25.3 Å². The minimum Gasteiger partial charge on any atom is -0.464 e. The molecule has 0 bridgehead atoms. The molecule has 1 aromatic heterocycles. The smallest absolute Gasteiger partial charge is 0.354 e. The third-order valence-electron chi connectivity index (χ3n) is 2.70. The molecule has 90 valence electrons. The first-order valence-corrected chi connectivity index (χ1v) is 5.90. The van der Waals surface area contributed by atoms with E-state index in [1.54, 1.807) is 0 Å². The Morgan fingerprint density at radius 1 is 1.44 bits per heavy atom. The summed E-state index contributed by atoms with van der Waals surface area (Å²) in [5, 5.41) is 0. The summed E-state index contributed by atoms with van der Waals surface area (Å²) >= 11 is 0. The van der Waals surface area contributed by atoms with Crippen LogP contribution in [0.25, 0.3) is 0 Å². The van der Waals surface area contributed by atoms with Gasteiger partial charge in [0.05, 0.1) is 7.11 Å². The highest BCUT2D eigenvalue weighted by Crippen LogP contribution is 2.19. The minimum atomic E-state index is -0.253. The molecule has 0 atom stereocenters. The van der Waals surface area contributed by atoms with Crippen LogP contribution in [0.1, 0.15) is 55.8 Å². The van der Waals surface area contributed by atoms with Crippen LogP contribution in [0, 0.1) is 0 Å². The van der Waals surface area contributed by atoms with Crippen LogP contribution >= 0.6 is 0 Å². The molecule has 3 heteroatoms. The van der Waals surface area contributed by atoms with E-state index in [9.17, 15) is 4.79 Å². The normalized spacial score (nSPS) is 10.8. The molecule has 1 rings (SSSR count). The van der Waals surface area contributed by atoms with Crippen molar-refractivity contribution in [2.75, 3.05) is 7.11 Å². The number of carbonyl (C=O) groups is 1. The summed E-state index contributed by atoms with van der Waals surface area (Å²) in [6, 6.07) is 4.18. The summed E-state index contributed by atoms with van der Waals surface area (Å²) in [4.78, 5) is 11.6. The number of rotatable bonds is 5. The lowest BCUT2D eigenvalue weighted by molar-refractivity contribution is 0.0586. The van der Waals surface area contributed by atoms with Gasteiger partial charge in [-0.15, -0.1) is 0 Å². The van der Waals surface area contributed by atoms with Gasteiger partial charge >= 0.3 is 5.97 Å². The second-order valence-corrected chi connectivity index (χ2v) is 4.27. The van der Waals surface area contributed by atoms with Crippen LogP contribution in [0.4, 0.5) is 0 Å². The van der Waals surface area contributed by atoms with Crippen molar-refractivity contribution in [3.8, 4) is 0 Å². The third-order valence-corrected chi connectivity index (χ3v) is 2.70. The van der Waals surface area contributed by atoms with Crippen LogP contribution in [0.15, 0.2) is 12.1 Å². The third kappa shape index (κ3) is 2.65. The van der Waals surface area contributed by atoms with Crippen molar-refractivity contribution < 1.29 is 9.53 Å². The number of aryl methyl sites for hydroxylation is 1. The molecule has 0 aliphatic heterocycles. The van der Waals surface area contributed by atoms with E-state index in [1.165, 1.54) is 12.8 Å². The predicted molar refractivity (Wildman–Crippen MR) is 64.8 cm³/mol. The molecule has 16 heavy (non-hydrogen) atoms. The first-order valence-electron chi connectivity index (χ1n) is 5.90. The van der Waals surface area contributed by atoms with Crippen LogP contribution in [-0.4, -0.2) is 17.6 Å². The number of hydrogen-bond donors (Lipinski definition) is 0. The molecule has 0 N–H and O–H groups in total. The molecule has 0 radical (unpaired) electrons. The maximum Gasteiger partial charge on any atom is 0.354 e. The Hall–Kier alpha value is -1.25. The van der Waals surface area contributed by atoms with Crippen molar-refractivity contribution >= 4 is 5.97 Å². The Balaban J connectivity index is 3.02. The number of hydrogen-bond acceptors (Lipinski definition) is 2. The number of aromatic nitrogens is 1. The highest BCUT2D eigenvalue weighted by molar-refractivity contribution is 5.87. The van der Waals surface area contributed by atoms with Gasteiger partial charge in [-0.25, -0.2) is 4.79 Å². The highest BCUT2D eigenvalue weighted by Gasteiger charge is 2.16. The van der Waals surface area contributed by atoms with E-state index in [1.807, 2.05) is 12.1 Å². The van der Waals surface area contributed by atoms with E-state index < -0.39 is 0 Å². The molecule has 0 saturated carbocycles. The number of unbranched alkanes of at least 4 members (excludes halogenated alkanes) is 1. The Kier molecular flexibility index (Phi) is 4.59. The van der Waals surface area contributed by atoms with Gasteiger partial charge in [-0.1, -0.05) is 13.3 Å². The maximum atomic E-state index is 11.6. The highest BCUT2D eigenvalue weighted by atomic mass is 16.5. The maximum absolute atomic E-state index is 11.6. The molecule has 0 aliphatic rings. The van der Waals surface area contributed by atoms with Crippen LogP contribution in [0.3, 0.4) is 0 Å². The van der Waals surface area contributed by atoms with Crippen molar-refractivity contribution in [3.63, 3.8) is 0 Å². The predicted octanol–water partition coefficient (Wildman–Crippen LogP) is 3.20. The lowest BCUT2D eigenvalue weighted by Gasteiger charge is -2.16. The average Bonchev–Trinajstić information content (AvgIpc) is 2.68. The van der Waals surface area contributed by atoms with Crippen LogP contribution < -0.4 is 0 Å². The van der Waals surface area contributed by atoms with Gasteiger partial charge in [-0.2, -0.15) is 0 Å². The lowest BCUT2D eigenvalue weighted by atomic mass is 10.2. The summed E-state index contributed by atoms with van der Waals surface area (Å²) in [5.41, 5.74) is 1.88. The number of carbonyl (C=O) groups excluding carboxylic acids is 1. The van der Waals surface area contributed by atoms with Gasteiger partial charge in [0.1, 0.15) is 5.69 Å². The molecule has 3 nitrogen and oxygen atoms in total. The largest absolute Gasteiger partial charge is 0.464 e. The van der Waals surface area contributed by atoms with Gasteiger partial charge in [0, 0.05) is 11.7 Å². The quantitative estimate of drug-likeness (QED) is 0.718. The molecule has 0 spiro atoms. The molecule has 0 amide bonds. The van der Waals surface area contributed by atoms with Crippen molar-refractivity contribution in [2.24, 2.45) is 0 Å². The standard InChI is InChI=1S/C13H21NO2/c1-5-6-7-11-8-9-12(13(15)16-4)14(11)10(2)3/h8-10H,5-7H2,1-4H3. The van der Waals surface area contributed by atoms with Crippen molar-refractivity contribution in [2.45, 2.75) is 46.1 Å². The molecular formula is C13H21NO2. The van der Waals surface area contributed by atoms with Gasteiger partial charge < -0.3 is 9.30 Å². The van der Waals surface area contributed by atoms with Gasteiger partial charge in [-0.3, -0.25) is 0 Å². The molecule has 0 saturated heterocycles. The van der Waals surface area contributed by atoms with Crippen molar-refractivity contribution in [1.82, 2.24) is 4.57 Å². The van der Waals surface area contributed by atoms with Crippen LogP contribution in [0.2, 0.25) is 0 Å². The lowest BCUT2D eigenvalue weighted by Crippen LogP contribution is -2.14. The number of methoxy groups -OCH3 is 1. The zero-order chi connectivity index (χ0) is 12.1. The monoisotopic (exact) mass is 223 g/mol. The first kappa shape index (κ1) is 12.8. The Labute approximate surface area is 97.4 Å². The topological polar surface area (TPSA) is 31.2 Å². The van der Waals surface area contributed by atoms with Gasteiger partial charge in [0.2, 0.25) is 0 Å². The van der Waals surface area contributed by atoms with E-state index >= 15 is 0 Å². The Morgan fingerprint density at radius 3 is 2.62 bits per heavy atom. The molecule has 0 aromatic carbocycles. The molecule has 0 unspecified atom stereocenters. The molecular weight excluding hydrogens is 202 g/mol. The number of ether oxygens (including phenoxy) is 1. The average molecular weight is 223 g/mol. The fraction of sp³-hybridized carbons (Fsp3) is 0.615. The molecule has 0 fully saturated rings. The zero-order valence-corrected chi connectivity index (χ0v) is 10.6. The Bertz CT molecular complexity index is 353. The fourth-order valence-electron chi connectivity index (χ4n) is 1.93. The van der Waals surface area contributed by atoms with E-state index in [4.69, 9.17) is 4.74 Å². The van der Waals surface area contributed by atoms with Crippen LogP contribution in [0.5, 0.6) is 0 Å². The van der Waals surface area contributed by atoms with Gasteiger partial charge in [0.25, 0.3) is 0 Å². The summed E-state index contributed by atoms with van der Waals surface area (Å²) in [5.74, 6) is -0.253. The van der Waals surface area contributed by atoms with Crippen LogP contribution in [-0.2, 0) is 11.2 Å². The second kappa shape index (κ2) is 5.73. The van der Waals surface area contributed by atoms with E-state index in [0.717, 1.165) is 19.3 Å². The first-order chi connectivity index (χ1) is 7.61. The van der Waals surface area contributed by atoms with Crippen molar-refractivity contribution in [1.29, 1.82) is 0 Å². The number of esters is 1. The van der Waals surface area contributed by atoms with Gasteiger partial charge in [0.15, 0.2) is 0 Å². The SMILES string of the molecule is CCCCc1ccc(C(=O)OC)n1C(C)C. The number of nitrogens with zero attached hydrogens (tertiary/aromatic N) is 1. The molecule has 0 aliphatic carbocycles. The second-order valence-electron chi connectivity index (χ2n) is 4.27. The summed E-state index contributed by atoms with van der Waals surface area (Å²) in [6.45, 7) is 6.34. The zero-order valence-electron chi connectivity index (χ0n) is 10.6. The van der Waals surface area contributed by atoms with E-state index in [-0.39, 0.29) is 12.0 Å². The summed E-state index contributed by atoms with van der Waals surface area (Å²) < 4.78 is 6.86. The minimum absolute atomic E-state index is 0.253.